The summed E-state index contributed by atoms with van der Waals surface area (Å²) in [6.07, 6.45) is 0.568. The van der Waals surface area contributed by atoms with E-state index in [0.29, 0.717) is 39.1 Å². The molecule has 3 aliphatic heterocycles. The van der Waals surface area contributed by atoms with Gasteiger partial charge in [0, 0.05) is 25.8 Å². The first-order valence-electron chi connectivity index (χ1n) is 10.3. The Morgan fingerprint density at radius 2 is 1.90 bits per heavy atom. The Labute approximate surface area is 168 Å². The number of halogens is 3. The lowest BCUT2D eigenvalue weighted by Gasteiger charge is -2.42. The number of hydrogen-bond acceptors (Lipinski definition) is 5. The normalized spacial score (nSPS) is 26.7. The van der Waals surface area contributed by atoms with Crippen molar-refractivity contribution in [2.24, 2.45) is 5.92 Å². The Morgan fingerprint density at radius 3 is 2.66 bits per heavy atom. The van der Waals surface area contributed by atoms with Gasteiger partial charge in [0.25, 0.3) is 0 Å². The number of piperidine rings is 2. The maximum Gasteiger partial charge on any atom is 0.419 e. The molecule has 29 heavy (non-hydrogen) atoms. The molecule has 6 nitrogen and oxygen atoms in total. The maximum atomic E-state index is 13.4. The molecule has 0 N–H and O–H groups in total. The topological polar surface area (TPSA) is 54.9 Å². The van der Waals surface area contributed by atoms with Gasteiger partial charge in [-0.25, -0.2) is 4.98 Å². The lowest BCUT2D eigenvalue weighted by atomic mass is 9.93. The van der Waals surface area contributed by atoms with Gasteiger partial charge < -0.3 is 19.3 Å². The third-order valence-electron chi connectivity index (χ3n) is 5.96. The molecule has 2 unspecified atom stereocenters. The molecular weight excluding hydrogens is 387 g/mol. The molecule has 3 fully saturated rings. The summed E-state index contributed by atoms with van der Waals surface area (Å²) in [4.78, 5) is 20.8. The van der Waals surface area contributed by atoms with Gasteiger partial charge in [-0.1, -0.05) is 0 Å². The van der Waals surface area contributed by atoms with E-state index in [0.717, 1.165) is 25.3 Å². The van der Waals surface area contributed by atoms with E-state index in [1.54, 1.807) is 4.90 Å². The summed E-state index contributed by atoms with van der Waals surface area (Å²) in [6.45, 7) is 2.40. The minimum atomic E-state index is -4.48. The SMILES string of the molecule is O=C(C1CCCN(c2ncccc2C(F)(F)F)C1)N1CCCCC1C1OCCO1. The number of anilines is 1. The second-order valence-electron chi connectivity index (χ2n) is 7.86. The van der Waals surface area contributed by atoms with Crippen molar-refractivity contribution in [1.82, 2.24) is 9.88 Å². The fourth-order valence-electron chi connectivity index (χ4n) is 4.59. The molecule has 9 heteroatoms. The van der Waals surface area contributed by atoms with Crippen LogP contribution in [0, 0.1) is 5.92 Å². The number of pyridine rings is 1. The van der Waals surface area contributed by atoms with Gasteiger partial charge in [0.15, 0.2) is 6.29 Å². The van der Waals surface area contributed by atoms with Gasteiger partial charge in [-0.2, -0.15) is 13.2 Å². The summed E-state index contributed by atoms with van der Waals surface area (Å²) in [5, 5.41) is 0. The van der Waals surface area contributed by atoms with Crippen molar-refractivity contribution < 1.29 is 27.4 Å². The van der Waals surface area contributed by atoms with Crippen molar-refractivity contribution >= 4 is 11.7 Å². The second-order valence-corrected chi connectivity index (χ2v) is 7.86. The Hall–Kier alpha value is -1.87. The maximum absolute atomic E-state index is 13.4. The number of aromatic nitrogens is 1. The zero-order valence-electron chi connectivity index (χ0n) is 16.2. The molecule has 2 atom stereocenters. The van der Waals surface area contributed by atoms with Gasteiger partial charge in [0.05, 0.1) is 30.7 Å². The van der Waals surface area contributed by atoms with Gasteiger partial charge in [0.2, 0.25) is 5.91 Å². The fourth-order valence-corrected chi connectivity index (χ4v) is 4.59. The molecule has 0 aliphatic carbocycles. The summed E-state index contributed by atoms with van der Waals surface area (Å²) < 4.78 is 51.5. The first-order valence-corrected chi connectivity index (χ1v) is 10.3. The van der Waals surface area contributed by atoms with E-state index in [9.17, 15) is 18.0 Å². The predicted octanol–water partition coefficient (Wildman–Crippen LogP) is 3.07. The van der Waals surface area contributed by atoms with Crippen LogP contribution in [-0.2, 0) is 20.4 Å². The van der Waals surface area contributed by atoms with E-state index in [-0.39, 0.29) is 30.2 Å². The Morgan fingerprint density at radius 1 is 1.10 bits per heavy atom. The standard InChI is InChI=1S/C20H26F3N3O3/c21-20(22,23)15-6-3-8-24-17(15)25-9-4-5-14(13-25)18(27)26-10-2-1-7-16(26)19-28-11-12-29-19/h3,6,8,14,16,19H,1-2,4-5,7,9-13H2. The van der Waals surface area contributed by atoms with Crippen LogP contribution in [0.15, 0.2) is 18.3 Å². The summed E-state index contributed by atoms with van der Waals surface area (Å²) in [5.41, 5.74) is -0.753. The molecule has 160 valence electrons. The quantitative estimate of drug-likeness (QED) is 0.763. The molecule has 1 amide bonds. The van der Waals surface area contributed by atoms with E-state index in [1.165, 1.54) is 12.3 Å². The van der Waals surface area contributed by atoms with Crippen LogP contribution in [0.2, 0.25) is 0 Å². The molecule has 3 saturated heterocycles. The summed E-state index contributed by atoms with van der Waals surface area (Å²) in [7, 11) is 0. The monoisotopic (exact) mass is 413 g/mol. The number of alkyl halides is 3. The number of carbonyl (C=O) groups excluding carboxylic acids is 1. The van der Waals surface area contributed by atoms with E-state index >= 15 is 0 Å². The van der Waals surface area contributed by atoms with Crippen molar-refractivity contribution in [3.05, 3.63) is 23.9 Å². The fraction of sp³-hybridized carbons (Fsp3) is 0.700. The highest BCUT2D eigenvalue weighted by atomic mass is 19.4. The van der Waals surface area contributed by atoms with Crippen LogP contribution in [0.1, 0.15) is 37.7 Å². The predicted molar refractivity (Wildman–Crippen MR) is 99.2 cm³/mol. The molecule has 0 saturated carbocycles. The molecule has 3 aliphatic rings. The average molecular weight is 413 g/mol. The molecule has 0 bridgehead atoms. The van der Waals surface area contributed by atoms with E-state index in [1.807, 2.05) is 4.90 Å². The first kappa shape index (κ1) is 20.4. The highest BCUT2D eigenvalue weighted by Gasteiger charge is 2.41. The van der Waals surface area contributed by atoms with Crippen molar-refractivity contribution in [1.29, 1.82) is 0 Å². The number of amides is 1. The van der Waals surface area contributed by atoms with Crippen molar-refractivity contribution in [2.75, 3.05) is 37.7 Å². The minimum absolute atomic E-state index is 0.0111. The summed E-state index contributed by atoms with van der Waals surface area (Å²) in [5.74, 6) is -0.452. The third-order valence-corrected chi connectivity index (χ3v) is 5.96. The summed E-state index contributed by atoms with van der Waals surface area (Å²) >= 11 is 0. The lowest BCUT2D eigenvalue weighted by molar-refractivity contribution is -0.154. The number of hydrogen-bond donors (Lipinski definition) is 0. The number of ether oxygens (including phenoxy) is 2. The smallest absolute Gasteiger partial charge is 0.355 e. The van der Waals surface area contributed by atoms with Gasteiger partial charge in [0.1, 0.15) is 5.82 Å². The number of nitrogens with zero attached hydrogens (tertiary/aromatic N) is 3. The minimum Gasteiger partial charge on any atom is -0.355 e. The molecule has 0 aromatic carbocycles. The molecule has 1 aromatic rings. The molecular formula is C20H26F3N3O3. The second kappa shape index (κ2) is 8.47. The van der Waals surface area contributed by atoms with Crippen molar-refractivity contribution in [3.8, 4) is 0 Å². The molecule has 1 aromatic heterocycles. The van der Waals surface area contributed by atoms with Crippen molar-refractivity contribution in [3.63, 3.8) is 0 Å². The Bertz CT molecular complexity index is 724. The van der Waals surface area contributed by atoms with Gasteiger partial charge >= 0.3 is 6.18 Å². The van der Waals surface area contributed by atoms with Crippen LogP contribution in [-0.4, -0.2) is 61.0 Å². The Balaban J connectivity index is 1.50. The average Bonchev–Trinajstić information content (AvgIpc) is 3.27. The van der Waals surface area contributed by atoms with Crippen LogP contribution in [0.3, 0.4) is 0 Å². The van der Waals surface area contributed by atoms with E-state index in [4.69, 9.17) is 9.47 Å². The van der Waals surface area contributed by atoms with Crippen LogP contribution >= 0.6 is 0 Å². The zero-order valence-corrected chi connectivity index (χ0v) is 16.2. The van der Waals surface area contributed by atoms with E-state index < -0.39 is 18.0 Å². The van der Waals surface area contributed by atoms with Crippen LogP contribution < -0.4 is 4.90 Å². The van der Waals surface area contributed by atoms with Crippen LogP contribution in [0.4, 0.5) is 19.0 Å². The van der Waals surface area contributed by atoms with E-state index in [2.05, 4.69) is 4.98 Å². The number of carbonyl (C=O) groups is 1. The molecule has 4 heterocycles. The van der Waals surface area contributed by atoms with Gasteiger partial charge in [-0.15, -0.1) is 0 Å². The Kier molecular flexibility index (Phi) is 5.96. The largest absolute Gasteiger partial charge is 0.419 e. The molecule has 0 spiro atoms. The highest BCUT2D eigenvalue weighted by Crippen LogP contribution is 2.37. The highest BCUT2D eigenvalue weighted by molar-refractivity contribution is 5.80. The van der Waals surface area contributed by atoms with Crippen LogP contribution in [0.25, 0.3) is 0 Å². The zero-order chi connectivity index (χ0) is 20.4. The summed E-state index contributed by atoms with van der Waals surface area (Å²) in [6, 6.07) is 2.22. The van der Waals surface area contributed by atoms with Crippen LogP contribution in [0.5, 0.6) is 0 Å². The van der Waals surface area contributed by atoms with Gasteiger partial charge in [-0.3, -0.25) is 4.79 Å². The third kappa shape index (κ3) is 4.35. The number of rotatable bonds is 3. The molecule has 0 radical (unpaired) electrons. The van der Waals surface area contributed by atoms with Gasteiger partial charge in [-0.05, 0) is 44.2 Å². The number of likely N-dealkylation sites (tertiary alicyclic amines) is 1. The molecule has 4 rings (SSSR count). The first-order chi connectivity index (χ1) is 13.9. The van der Waals surface area contributed by atoms with Crippen molar-refractivity contribution in [2.45, 2.75) is 50.6 Å². The lowest BCUT2D eigenvalue weighted by Crippen LogP contribution is -2.54.